The van der Waals surface area contributed by atoms with E-state index in [0.29, 0.717) is 29.7 Å². The molecule has 158 valence electrons. The standard InChI is InChI=1S/C22H19BrN4O3S/c1-2-19-26-27-20(24)17(21(28)25-22(27)31-19)13-14-5-3-4-6-18(14)30-12-11-29-16-9-7-15(23)8-10-16/h3-10,13,24H,2,11-12H2,1H3/b17-13-,24-20?. The van der Waals surface area contributed by atoms with Gasteiger partial charge in [-0.2, -0.15) is 15.1 Å². The monoisotopic (exact) mass is 498 g/mol. The molecule has 0 unspecified atom stereocenters. The number of halogens is 1. The predicted molar refractivity (Wildman–Crippen MR) is 127 cm³/mol. The van der Waals surface area contributed by atoms with Crippen LogP contribution in [-0.2, 0) is 4.79 Å². The lowest BCUT2D eigenvalue weighted by Gasteiger charge is -2.20. The topological polar surface area (TPSA) is 87.3 Å². The zero-order chi connectivity index (χ0) is 21.8. The van der Waals surface area contributed by atoms with Gasteiger partial charge in [-0.25, -0.2) is 0 Å². The van der Waals surface area contributed by atoms with Gasteiger partial charge in [0.05, 0.1) is 5.57 Å². The fraction of sp³-hybridized carbons (Fsp3) is 0.182. The second kappa shape index (κ2) is 9.49. The average molecular weight is 499 g/mol. The summed E-state index contributed by atoms with van der Waals surface area (Å²) in [7, 11) is 0. The van der Waals surface area contributed by atoms with E-state index in [9.17, 15) is 4.79 Å². The van der Waals surface area contributed by atoms with Gasteiger partial charge in [-0.3, -0.25) is 10.2 Å². The number of para-hydroxylation sites is 1. The molecule has 4 rings (SSSR count). The first-order chi connectivity index (χ1) is 15.0. The van der Waals surface area contributed by atoms with Crippen molar-refractivity contribution in [3.05, 3.63) is 64.1 Å². The molecule has 0 saturated heterocycles. The summed E-state index contributed by atoms with van der Waals surface area (Å²) in [4.78, 5) is 16.6. The van der Waals surface area contributed by atoms with E-state index < -0.39 is 5.91 Å². The van der Waals surface area contributed by atoms with E-state index in [-0.39, 0.29) is 11.4 Å². The number of ether oxygens (including phenoxy) is 2. The number of nitrogens with one attached hydrogen (secondary N) is 1. The van der Waals surface area contributed by atoms with Gasteiger partial charge in [0.1, 0.15) is 29.8 Å². The predicted octanol–water partition coefficient (Wildman–Crippen LogP) is 4.94. The molecule has 0 saturated carbocycles. The van der Waals surface area contributed by atoms with Crippen LogP contribution in [0.2, 0.25) is 0 Å². The lowest BCUT2D eigenvalue weighted by atomic mass is 10.1. The Morgan fingerprint density at radius 3 is 2.65 bits per heavy atom. The Morgan fingerprint density at radius 2 is 1.87 bits per heavy atom. The highest BCUT2D eigenvalue weighted by atomic mass is 79.9. The largest absolute Gasteiger partial charge is 0.490 e. The number of amides is 1. The lowest BCUT2D eigenvalue weighted by Crippen LogP contribution is -2.35. The van der Waals surface area contributed by atoms with Crippen molar-refractivity contribution in [2.24, 2.45) is 10.1 Å². The molecular formula is C22H19BrN4O3S. The smallest absolute Gasteiger partial charge is 0.283 e. The second-order valence-electron chi connectivity index (χ2n) is 6.56. The summed E-state index contributed by atoms with van der Waals surface area (Å²) < 4.78 is 12.5. The van der Waals surface area contributed by atoms with Crippen LogP contribution in [0.4, 0.5) is 0 Å². The molecule has 1 amide bonds. The van der Waals surface area contributed by atoms with E-state index >= 15 is 0 Å². The summed E-state index contributed by atoms with van der Waals surface area (Å²) in [5, 5.41) is 15.5. The molecule has 31 heavy (non-hydrogen) atoms. The molecule has 0 atom stereocenters. The second-order valence-corrected chi connectivity index (χ2v) is 8.51. The van der Waals surface area contributed by atoms with Crippen molar-refractivity contribution in [1.82, 2.24) is 5.01 Å². The van der Waals surface area contributed by atoms with Crippen LogP contribution in [0.3, 0.4) is 0 Å². The maximum Gasteiger partial charge on any atom is 0.283 e. The third-order valence-electron chi connectivity index (χ3n) is 4.44. The fourth-order valence-corrected chi connectivity index (χ4v) is 3.99. The molecule has 2 aliphatic rings. The Hall–Kier alpha value is -2.91. The van der Waals surface area contributed by atoms with Crippen LogP contribution in [0.1, 0.15) is 18.9 Å². The van der Waals surface area contributed by atoms with Crippen molar-refractivity contribution < 1.29 is 14.3 Å². The molecule has 2 aliphatic heterocycles. The van der Waals surface area contributed by atoms with Gasteiger partial charge in [-0.05, 0) is 54.6 Å². The van der Waals surface area contributed by atoms with E-state index in [0.717, 1.165) is 21.7 Å². The fourth-order valence-electron chi connectivity index (χ4n) is 2.90. The number of fused-ring (bicyclic) bond motifs is 1. The number of carbonyl (C=O) groups is 1. The Morgan fingerprint density at radius 1 is 1.13 bits per heavy atom. The lowest BCUT2D eigenvalue weighted by molar-refractivity contribution is -0.114. The van der Waals surface area contributed by atoms with Gasteiger partial charge >= 0.3 is 0 Å². The maximum atomic E-state index is 12.5. The molecule has 0 aliphatic carbocycles. The number of rotatable bonds is 7. The van der Waals surface area contributed by atoms with Gasteiger partial charge in [-0.15, -0.1) is 0 Å². The van der Waals surface area contributed by atoms with E-state index in [4.69, 9.17) is 14.9 Å². The first-order valence-electron chi connectivity index (χ1n) is 9.64. The third kappa shape index (κ3) is 4.88. The summed E-state index contributed by atoms with van der Waals surface area (Å²) in [6, 6.07) is 14.9. The number of benzene rings is 2. The minimum atomic E-state index is -0.454. The molecule has 0 fully saturated rings. The minimum Gasteiger partial charge on any atom is -0.490 e. The molecule has 2 aromatic carbocycles. The molecule has 9 heteroatoms. The van der Waals surface area contributed by atoms with Gasteiger partial charge in [0, 0.05) is 10.0 Å². The molecule has 0 bridgehead atoms. The molecule has 0 spiro atoms. The van der Waals surface area contributed by atoms with Crippen LogP contribution in [-0.4, -0.2) is 40.2 Å². The van der Waals surface area contributed by atoms with Crippen molar-refractivity contribution in [2.45, 2.75) is 13.3 Å². The Kier molecular flexibility index (Phi) is 6.53. The van der Waals surface area contributed by atoms with Crippen LogP contribution in [0.15, 0.2) is 68.7 Å². The maximum absolute atomic E-state index is 12.5. The molecule has 2 heterocycles. The van der Waals surface area contributed by atoms with Crippen molar-refractivity contribution in [1.29, 1.82) is 5.41 Å². The molecule has 0 aromatic heterocycles. The molecular weight excluding hydrogens is 480 g/mol. The highest BCUT2D eigenvalue weighted by Gasteiger charge is 2.35. The first kappa shape index (κ1) is 21.3. The first-order valence-corrected chi connectivity index (χ1v) is 11.3. The van der Waals surface area contributed by atoms with Gasteiger partial charge in [0.15, 0.2) is 5.84 Å². The van der Waals surface area contributed by atoms with E-state index in [1.807, 2.05) is 55.5 Å². The summed E-state index contributed by atoms with van der Waals surface area (Å²) >= 11 is 4.71. The average Bonchev–Trinajstić information content (AvgIpc) is 3.19. The normalized spacial score (nSPS) is 16.8. The number of carbonyl (C=O) groups excluding carboxylic acids is 1. The van der Waals surface area contributed by atoms with Crippen LogP contribution in [0.5, 0.6) is 11.5 Å². The summed E-state index contributed by atoms with van der Waals surface area (Å²) in [5.74, 6) is 0.912. The number of aliphatic imine (C=N–C) groups is 1. The van der Waals surface area contributed by atoms with E-state index in [2.05, 4.69) is 26.0 Å². The zero-order valence-electron chi connectivity index (χ0n) is 16.7. The number of hydrogen-bond acceptors (Lipinski definition) is 6. The summed E-state index contributed by atoms with van der Waals surface area (Å²) in [5.41, 5.74) is 0.858. The van der Waals surface area contributed by atoms with Gasteiger partial charge in [0.2, 0.25) is 5.17 Å². The molecule has 2 aromatic rings. The minimum absolute atomic E-state index is 0.0133. The van der Waals surface area contributed by atoms with Crippen molar-refractivity contribution in [3.63, 3.8) is 0 Å². The number of hydrogen-bond donors (Lipinski definition) is 1. The number of thioether (sulfide) groups is 1. The van der Waals surface area contributed by atoms with Crippen LogP contribution in [0, 0.1) is 5.41 Å². The quantitative estimate of drug-likeness (QED) is 0.431. The SMILES string of the molecule is CCC1=NN2C(=N)/C(=C/c3ccccc3OCCOc3ccc(Br)cc3)C(=O)N=C2S1. The number of hydrazone groups is 1. The van der Waals surface area contributed by atoms with Crippen molar-refractivity contribution in [3.8, 4) is 11.5 Å². The molecule has 0 radical (unpaired) electrons. The third-order valence-corrected chi connectivity index (χ3v) is 6.02. The van der Waals surface area contributed by atoms with Crippen molar-refractivity contribution >= 4 is 55.7 Å². The molecule has 1 N–H and O–H groups in total. The Balaban J connectivity index is 1.46. The van der Waals surface area contributed by atoms with Gasteiger partial charge < -0.3 is 9.47 Å². The van der Waals surface area contributed by atoms with Crippen LogP contribution < -0.4 is 9.47 Å². The number of nitrogens with zero attached hydrogens (tertiary/aromatic N) is 3. The van der Waals surface area contributed by atoms with Crippen molar-refractivity contribution in [2.75, 3.05) is 13.2 Å². The molecule has 7 nitrogen and oxygen atoms in total. The summed E-state index contributed by atoms with van der Waals surface area (Å²) in [6.45, 7) is 2.67. The van der Waals surface area contributed by atoms with Crippen LogP contribution in [0.25, 0.3) is 6.08 Å². The number of amidine groups is 2. The highest BCUT2D eigenvalue weighted by Crippen LogP contribution is 2.30. The summed E-state index contributed by atoms with van der Waals surface area (Å²) in [6.07, 6.45) is 2.35. The van der Waals surface area contributed by atoms with Gasteiger partial charge in [-0.1, -0.05) is 41.1 Å². The Bertz CT molecular complexity index is 1110. The highest BCUT2D eigenvalue weighted by molar-refractivity contribution is 9.10. The zero-order valence-corrected chi connectivity index (χ0v) is 19.1. The Labute approximate surface area is 192 Å². The van der Waals surface area contributed by atoms with E-state index in [1.54, 1.807) is 6.08 Å². The van der Waals surface area contributed by atoms with Crippen LogP contribution >= 0.6 is 27.7 Å². The van der Waals surface area contributed by atoms with Gasteiger partial charge in [0.25, 0.3) is 5.91 Å². The van der Waals surface area contributed by atoms with E-state index in [1.165, 1.54) is 16.8 Å².